The minimum Gasteiger partial charge on any atom is -0.371 e. The lowest BCUT2D eigenvalue weighted by atomic mass is 10.0. The maximum absolute atomic E-state index is 15.3. The van der Waals surface area contributed by atoms with E-state index in [9.17, 15) is 36.0 Å². The van der Waals surface area contributed by atoms with Crippen molar-refractivity contribution in [2.24, 2.45) is 0 Å². The third kappa shape index (κ3) is 9.87. The number of hydrogen-bond acceptors (Lipinski definition) is 12. The number of alkyl halides is 3. The van der Waals surface area contributed by atoms with Crippen LogP contribution in [-0.4, -0.2) is 115 Å². The highest BCUT2D eigenvalue weighted by atomic mass is 32.2. The minimum atomic E-state index is -4.72. The molecule has 1 aromatic heterocycles. The van der Waals surface area contributed by atoms with Crippen molar-refractivity contribution in [3.63, 3.8) is 0 Å². The number of amides is 3. The first-order valence-corrected chi connectivity index (χ1v) is 22.6. The quantitative estimate of drug-likeness (QED) is 0.130. The molecule has 0 bridgehead atoms. The zero-order chi connectivity index (χ0) is 44.6. The number of anilines is 5. The minimum absolute atomic E-state index is 0.0306. The van der Waals surface area contributed by atoms with E-state index in [4.69, 9.17) is 0 Å². The smallest absolute Gasteiger partial charge is 0.371 e. The Hall–Kier alpha value is -5.86. The molecule has 4 aliphatic heterocycles. The van der Waals surface area contributed by atoms with Gasteiger partial charge in [0.25, 0.3) is 5.91 Å². The highest BCUT2D eigenvalue weighted by molar-refractivity contribution is 7.92. The molecule has 15 nitrogen and oxygen atoms in total. The Morgan fingerprint density at radius 2 is 1.67 bits per heavy atom. The molecule has 3 saturated heterocycles. The molecule has 5 heterocycles. The monoisotopic (exact) mass is 892 g/mol. The summed E-state index contributed by atoms with van der Waals surface area (Å²) >= 11 is 0. The van der Waals surface area contributed by atoms with Crippen molar-refractivity contribution in [1.82, 2.24) is 30.0 Å². The topological polar surface area (TPSA) is 163 Å². The summed E-state index contributed by atoms with van der Waals surface area (Å²) < 4.78 is 82.2. The van der Waals surface area contributed by atoms with Crippen molar-refractivity contribution in [3.8, 4) is 0 Å². The van der Waals surface area contributed by atoms with Crippen LogP contribution in [0.15, 0.2) is 66.9 Å². The average molecular weight is 893 g/mol. The normalized spacial score (nSPS) is 19.3. The van der Waals surface area contributed by atoms with Crippen molar-refractivity contribution in [1.29, 1.82) is 0 Å². The number of piperazine rings is 1. The molecule has 3 N–H and O–H groups in total. The average Bonchev–Trinajstić information content (AvgIpc) is 3.56. The number of sulfonamides is 1. The second kappa shape index (κ2) is 17.7. The second-order valence-electron chi connectivity index (χ2n) is 16.4. The third-order valence-electron chi connectivity index (χ3n) is 12.3. The number of carbonyl (C=O) groups is 3. The summed E-state index contributed by atoms with van der Waals surface area (Å²) in [7, 11) is -2.14. The number of piperidine rings is 2. The summed E-state index contributed by atoms with van der Waals surface area (Å²) in [5.74, 6) is -2.15. The van der Waals surface area contributed by atoms with Crippen LogP contribution in [0.3, 0.4) is 0 Å². The number of halogens is 4. The van der Waals surface area contributed by atoms with E-state index in [1.165, 1.54) is 18.0 Å². The highest BCUT2D eigenvalue weighted by Gasteiger charge is 2.40. The van der Waals surface area contributed by atoms with E-state index in [1.807, 2.05) is 24.3 Å². The predicted octanol–water partition coefficient (Wildman–Crippen LogP) is 4.93. The first kappa shape index (κ1) is 43.8. The Labute approximate surface area is 362 Å². The van der Waals surface area contributed by atoms with E-state index in [1.54, 1.807) is 30.3 Å². The van der Waals surface area contributed by atoms with Crippen LogP contribution in [-0.2, 0) is 45.4 Å². The van der Waals surface area contributed by atoms with Gasteiger partial charge in [-0.25, -0.2) is 17.8 Å². The van der Waals surface area contributed by atoms with Crippen LogP contribution in [0, 0.1) is 5.82 Å². The molecule has 3 amide bonds. The molecule has 334 valence electrons. The fourth-order valence-electron chi connectivity index (χ4n) is 8.69. The van der Waals surface area contributed by atoms with E-state index in [-0.39, 0.29) is 43.4 Å². The number of benzene rings is 3. The first-order chi connectivity index (χ1) is 30.0. The molecule has 3 fully saturated rings. The molecule has 1 atom stereocenters. The van der Waals surface area contributed by atoms with Gasteiger partial charge in [-0.05, 0) is 78.9 Å². The van der Waals surface area contributed by atoms with Gasteiger partial charge in [-0.2, -0.15) is 18.2 Å². The van der Waals surface area contributed by atoms with E-state index in [2.05, 4.69) is 40.6 Å². The Balaban J connectivity index is 0.814. The van der Waals surface area contributed by atoms with Crippen LogP contribution in [0.2, 0.25) is 0 Å². The second-order valence-corrected chi connectivity index (χ2v) is 18.4. The number of nitrogens with one attached hydrogen (secondary N) is 3. The number of imide groups is 1. The SMILES string of the molecule is CN(c1cccc(CNc2nc(Nc3ccc(N4CCC(N5CCN(Cc6cc7c(cc6F)C(=O)N(C6CCC(=O)NC6=O)C7)CC5)CC4)cc3)ncc2C(F)(F)F)c1)S(C)(=O)=O. The maximum atomic E-state index is 15.3. The van der Waals surface area contributed by atoms with Crippen LogP contribution >= 0.6 is 0 Å². The molecule has 0 radical (unpaired) electrons. The Morgan fingerprint density at radius 3 is 2.35 bits per heavy atom. The van der Waals surface area contributed by atoms with Crippen molar-refractivity contribution >= 4 is 56.6 Å². The van der Waals surface area contributed by atoms with Crippen LogP contribution in [0.5, 0.6) is 0 Å². The summed E-state index contributed by atoms with van der Waals surface area (Å²) in [5.41, 5.74) is 2.96. The molecular formula is C43H48F4N10O5S. The van der Waals surface area contributed by atoms with E-state index < -0.39 is 51.3 Å². The highest BCUT2D eigenvalue weighted by Crippen LogP contribution is 2.35. The lowest BCUT2D eigenvalue weighted by molar-refractivity contribution is -0.138. The van der Waals surface area contributed by atoms with Gasteiger partial charge in [0.05, 0.1) is 11.9 Å². The maximum Gasteiger partial charge on any atom is 0.421 e. The van der Waals surface area contributed by atoms with Crippen molar-refractivity contribution in [2.75, 3.05) is 72.4 Å². The standard InChI is InChI=1S/C43H48F4N10O5S/c1-53(63(2,61)62)33-5-3-4-27(20-33)23-48-39-35(43(45,46)47)24-49-42(52-39)50-30-6-8-31(9-7-30)55-14-12-32(13-15-55)56-18-16-54(17-19-56)25-29-21-28-26-57(41(60)34(28)22-36(29)44)37-10-11-38(58)51-40(37)59/h3-9,20-22,24,32,37H,10-19,23,25-26H2,1-2H3,(H,51,58,59)(H2,48,49,50,52). The summed E-state index contributed by atoms with van der Waals surface area (Å²) in [6.45, 7) is 5.48. The summed E-state index contributed by atoms with van der Waals surface area (Å²) in [6, 6.07) is 16.7. The lowest BCUT2D eigenvalue weighted by Crippen LogP contribution is -2.53. The molecule has 0 spiro atoms. The predicted molar refractivity (Wildman–Crippen MR) is 228 cm³/mol. The molecule has 8 rings (SSSR count). The molecule has 63 heavy (non-hydrogen) atoms. The Morgan fingerprint density at radius 1 is 0.937 bits per heavy atom. The van der Waals surface area contributed by atoms with Gasteiger partial charge in [0, 0.05) is 107 Å². The van der Waals surface area contributed by atoms with E-state index in [0.29, 0.717) is 40.7 Å². The zero-order valence-corrected chi connectivity index (χ0v) is 35.6. The van der Waals surface area contributed by atoms with Gasteiger partial charge in [0.15, 0.2) is 0 Å². The number of fused-ring (bicyclic) bond motifs is 1. The number of aromatic nitrogens is 2. The largest absolute Gasteiger partial charge is 0.421 e. The number of nitrogens with zero attached hydrogens (tertiary/aromatic N) is 7. The number of hydrogen-bond donors (Lipinski definition) is 3. The fraction of sp³-hybridized carbons (Fsp3) is 0.419. The van der Waals surface area contributed by atoms with E-state index in [0.717, 1.165) is 74.6 Å². The third-order valence-corrected chi connectivity index (χ3v) is 13.5. The number of carbonyl (C=O) groups excluding carboxylic acids is 3. The first-order valence-electron chi connectivity index (χ1n) is 20.8. The lowest BCUT2D eigenvalue weighted by Gasteiger charge is -2.43. The molecule has 3 aromatic carbocycles. The van der Waals surface area contributed by atoms with Crippen LogP contribution in [0.1, 0.15) is 58.3 Å². The molecule has 1 unspecified atom stereocenters. The zero-order valence-electron chi connectivity index (χ0n) is 34.8. The van der Waals surface area contributed by atoms with Crippen LogP contribution < -0.4 is 25.2 Å². The van der Waals surface area contributed by atoms with Gasteiger partial charge in [0.1, 0.15) is 23.2 Å². The van der Waals surface area contributed by atoms with Gasteiger partial charge < -0.3 is 20.4 Å². The van der Waals surface area contributed by atoms with Gasteiger partial charge in [-0.15, -0.1) is 0 Å². The molecule has 4 aliphatic rings. The van der Waals surface area contributed by atoms with Gasteiger partial charge in [-0.3, -0.25) is 33.8 Å². The molecule has 0 saturated carbocycles. The summed E-state index contributed by atoms with van der Waals surface area (Å²) in [5, 5.41) is 8.04. The summed E-state index contributed by atoms with van der Waals surface area (Å²) in [4.78, 5) is 53.7. The summed E-state index contributed by atoms with van der Waals surface area (Å²) in [6.07, 6.45) is -0.600. The number of rotatable bonds is 12. The van der Waals surface area contributed by atoms with Crippen molar-refractivity contribution < 1.29 is 40.4 Å². The van der Waals surface area contributed by atoms with Gasteiger partial charge in [0.2, 0.25) is 27.8 Å². The Bertz CT molecular complexity index is 2490. The fourth-order valence-corrected chi connectivity index (χ4v) is 9.18. The Kier molecular flexibility index (Phi) is 12.3. The van der Waals surface area contributed by atoms with Crippen LogP contribution in [0.4, 0.5) is 46.4 Å². The molecule has 4 aromatic rings. The van der Waals surface area contributed by atoms with Gasteiger partial charge in [-0.1, -0.05) is 12.1 Å². The van der Waals surface area contributed by atoms with E-state index >= 15 is 4.39 Å². The van der Waals surface area contributed by atoms with Crippen LogP contribution in [0.25, 0.3) is 0 Å². The molecular weight excluding hydrogens is 845 g/mol. The van der Waals surface area contributed by atoms with Gasteiger partial charge >= 0.3 is 6.18 Å². The van der Waals surface area contributed by atoms with Crippen molar-refractivity contribution in [2.45, 2.75) is 63.6 Å². The molecule has 20 heteroatoms. The van der Waals surface area contributed by atoms with Crippen molar-refractivity contribution in [3.05, 3.63) is 100 Å². The molecule has 0 aliphatic carbocycles.